The van der Waals surface area contributed by atoms with E-state index in [1.807, 2.05) is 0 Å². The lowest BCUT2D eigenvalue weighted by atomic mass is 10.2. The van der Waals surface area contributed by atoms with Crippen molar-refractivity contribution in [2.45, 2.75) is 9.96 Å². The molecule has 0 spiro atoms. The van der Waals surface area contributed by atoms with Crippen molar-refractivity contribution in [3.63, 3.8) is 0 Å². The Hall–Kier alpha value is -1.04. The molecule has 0 saturated heterocycles. The van der Waals surface area contributed by atoms with Crippen molar-refractivity contribution in [1.82, 2.24) is 5.32 Å². The molecule has 2 rings (SSSR count). The average Bonchev–Trinajstić information content (AvgIpc) is 2.56. The number of carbonyl (C=O) groups is 1. The van der Waals surface area contributed by atoms with E-state index in [0.29, 0.717) is 27.0 Å². The summed E-state index contributed by atoms with van der Waals surface area (Å²) in [6.07, 6.45) is -1.05. The van der Waals surface area contributed by atoms with Crippen LogP contribution in [0, 0.1) is 0 Å². The van der Waals surface area contributed by atoms with Gasteiger partial charge in [-0.2, -0.15) is 0 Å². The zero-order chi connectivity index (χ0) is 18.6. The van der Waals surface area contributed by atoms with Crippen LogP contribution in [0.25, 0.3) is 0 Å². The third-order valence-electron chi connectivity index (χ3n) is 3.18. The van der Waals surface area contributed by atoms with Gasteiger partial charge in [-0.25, -0.2) is 0 Å². The summed E-state index contributed by atoms with van der Waals surface area (Å²) in [5, 5.41) is 6.30. The molecule has 0 unspecified atom stereocenters. The monoisotopic (exact) mass is 440 g/mol. The van der Waals surface area contributed by atoms with Crippen LogP contribution in [0.4, 0.5) is 5.69 Å². The lowest BCUT2D eigenvalue weighted by Crippen LogP contribution is -2.49. The maximum Gasteiger partial charge on any atom is 0.252 e. The minimum atomic E-state index is -1.84. The summed E-state index contributed by atoms with van der Waals surface area (Å²) in [4.78, 5) is 12.4. The number of ether oxygens (including phenoxy) is 1. The van der Waals surface area contributed by atoms with Crippen LogP contribution in [0.1, 0.15) is 10.4 Å². The fourth-order valence-electron chi connectivity index (χ4n) is 1.92. The van der Waals surface area contributed by atoms with Crippen molar-refractivity contribution >= 4 is 69.6 Å². The summed E-state index contributed by atoms with van der Waals surface area (Å²) in [6.45, 7) is 0. The Labute approximate surface area is 170 Å². The van der Waals surface area contributed by atoms with Crippen molar-refractivity contribution in [3.8, 4) is 5.75 Å². The molecule has 0 fully saturated rings. The smallest absolute Gasteiger partial charge is 0.252 e. The Bertz CT molecular complexity index is 747. The number of anilines is 1. The highest BCUT2D eigenvalue weighted by Crippen LogP contribution is 2.34. The molecule has 0 aliphatic heterocycles. The van der Waals surface area contributed by atoms with E-state index < -0.39 is 15.9 Å². The Morgan fingerprint density at radius 3 is 2.28 bits per heavy atom. The van der Waals surface area contributed by atoms with E-state index in [1.54, 1.807) is 42.5 Å². The molecule has 0 heterocycles. The fourth-order valence-corrected chi connectivity index (χ4v) is 2.59. The molecule has 2 aromatic rings. The van der Waals surface area contributed by atoms with Gasteiger partial charge in [-0.3, -0.25) is 4.79 Å². The minimum Gasteiger partial charge on any atom is -0.497 e. The first-order valence-electron chi connectivity index (χ1n) is 6.94. The molecule has 134 valence electrons. The highest BCUT2D eigenvalue weighted by atomic mass is 35.6. The number of amides is 1. The first-order chi connectivity index (χ1) is 11.7. The number of hydrogen-bond donors (Lipinski definition) is 2. The van der Waals surface area contributed by atoms with Crippen molar-refractivity contribution in [2.24, 2.45) is 0 Å². The second kappa shape index (κ2) is 8.56. The maximum absolute atomic E-state index is 12.4. The van der Waals surface area contributed by atoms with Crippen LogP contribution in [0.3, 0.4) is 0 Å². The topological polar surface area (TPSA) is 50.4 Å². The molecule has 1 amide bonds. The Balaban J connectivity index is 2.20. The molecule has 25 heavy (non-hydrogen) atoms. The van der Waals surface area contributed by atoms with Gasteiger partial charge in [0.15, 0.2) is 0 Å². The second-order valence-corrected chi connectivity index (χ2v) is 8.16. The van der Waals surface area contributed by atoms with E-state index in [0.717, 1.165) is 0 Å². The van der Waals surface area contributed by atoms with Crippen LogP contribution in [0.2, 0.25) is 10.0 Å². The van der Waals surface area contributed by atoms with E-state index >= 15 is 0 Å². The van der Waals surface area contributed by atoms with Crippen molar-refractivity contribution in [1.29, 1.82) is 0 Å². The van der Waals surface area contributed by atoms with Crippen LogP contribution < -0.4 is 15.4 Å². The van der Waals surface area contributed by atoms with Gasteiger partial charge in [0.1, 0.15) is 11.9 Å². The summed E-state index contributed by atoms with van der Waals surface area (Å²) >= 11 is 30.0. The number of carbonyl (C=O) groups excluding carboxylic acids is 1. The normalized spacial score (nSPS) is 12.4. The summed E-state index contributed by atoms with van der Waals surface area (Å²) in [6, 6.07) is 11.3. The standard InChI is InChI=1S/C16H13Cl5N2O2/c1-25-11-5-2-9(3-6-11)14(24)23-15(16(19,20)21)22-13-8-10(17)4-7-12(13)18/h2-8,15,22H,1H3,(H,23,24)/t15-/m1/s1. The SMILES string of the molecule is COc1ccc(C(=O)N[C@@H](Nc2cc(Cl)ccc2Cl)C(Cl)(Cl)Cl)cc1. The third kappa shape index (κ3) is 5.73. The van der Waals surface area contributed by atoms with Gasteiger partial charge in [0, 0.05) is 10.6 Å². The number of halogens is 5. The van der Waals surface area contributed by atoms with Gasteiger partial charge in [0.25, 0.3) is 5.91 Å². The molecular weight excluding hydrogens is 429 g/mol. The molecule has 0 aliphatic rings. The molecule has 0 aliphatic carbocycles. The van der Waals surface area contributed by atoms with Gasteiger partial charge in [-0.1, -0.05) is 58.0 Å². The zero-order valence-electron chi connectivity index (χ0n) is 12.8. The molecule has 2 aromatic carbocycles. The van der Waals surface area contributed by atoms with Gasteiger partial charge in [0.2, 0.25) is 3.79 Å². The van der Waals surface area contributed by atoms with Gasteiger partial charge in [-0.05, 0) is 42.5 Å². The molecular formula is C16H13Cl5N2O2. The first-order valence-corrected chi connectivity index (χ1v) is 8.83. The van der Waals surface area contributed by atoms with E-state index in [-0.39, 0.29) is 0 Å². The predicted molar refractivity (Wildman–Crippen MR) is 105 cm³/mol. The van der Waals surface area contributed by atoms with E-state index in [4.69, 9.17) is 62.7 Å². The van der Waals surface area contributed by atoms with Gasteiger partial charge >= 0.3 is 0 Å². The number of hydrogen-bond acceptors (Lipinski definition) is 3. The number of alkyl halides is 3. The second-order valence-electron chi connectivity index (χ2n) is 4.95. The summed E-state index contributed by atoms with van der Waals surface area (Å²) in [5.74, 6) is 0.183. The molecule has 4 nitrogen and oxygen atoms in total. The summed E-state index contributed by atoms with van der Waals surface area (Å²) in [7, 11) is 1.53. The molecule has 0 radical (unpaired) electrons. The van der Waals surface area contributed by atoms with Crippen molar-refractivity contribution in [3.05, 3.63) is 58.1 Å². The van der Waals surface area contributed by atoms with Gasteiger partial charge < -0.3 is 15.4 Å². The van der Waals surface area contributed by atoms with Crippen LogP contribution in [0.15, 0.2) is 42.5 Å². The average molecular weight is 443 g/mol. The Kier molecular flexibility index (Phi) is 6.94. The van der Waals surface area contributed by atoms with Crippen molar-refractivity contribution in [2.75, 3.05) is 12.4 Å². The zero-order valence-corrected chi connectivity index (χ0v) is 16.6. The summed E-state index contributed by atoms with van der Waals surface area (Å²) < 4.78 is 3.21. The van der Waals surface area contributed by atoms with Crippen LogP contribution >= 0.6 is 58.0 Å². The van der Waals surface area contributed by atoms with Crippen LogP contribution in [-0.4, -0.2) is 23.0 Å². The molecule has 1 atom stereocenters. The summed E-state index contributed by atoms with van der Waals surface area (Å²) in [5.41, 5.74) is 0.791. The van der Waals surface area contributed by atoms with Crippen LogP contribution in [0.5, 0.6) is 5.75 Å². The lowest BCUT2D eigenvalue weighted by molar-refractivity contribution is 0.0942. The van der Waals surface area contributed by atoms with Gasteiger partial charge in [0.05, 0.1) is 17.8 Å². The fraction of sp³-hybridized carbons (Fsp3) is 0.188. The maximum atomic E-state index is 12.4. The quantitative estimate of drug-likeness (QED) is 0.472. The highest BCUT2D eigenvalue weighted by molar-refractivity contribution is 6.68. The van der Waals surface area contributed by atoms with E-state index in [2.05, 4.69) is 10.6 Å². The number of rotatable bonds is 5. The predicted octanol–water partition coefficient (Wildman–Crippen LogP) is 5.54. The van der Waals surface area contributed by atoms with Gasteiger partial charge in [-0.15, -0.1) is 0 Å². The minimum absolute atomic E-state index is 0.363. The van der Waals surface area contributed by atoms with E-state index in [9.17, 15) is 4.79 Å². The molecule has 2 N–H and O–H groups in total. The lowest BCUT2D eigenvalue weighted by Gasteiger charge is -2.28. The first kappa shape index (κ1) is 20.3. The third-order valence-corrected chi connectivity index (χ3v) is 4.40. The number of benzene rings is 2. The molecule has 0 saturated carbocycles. The number of nitrogens with one attached hydrogen (secondary N) is 2. The Morgan fingerprint density at radius 1 is 1.08 bits per heavy atom. The molecule has 9 heteroatoms. The largest absolute Gasteiger partial charge is 0.497 e. The molecule has 0 aromatic heterocycles. The Morgan fingerprint density at radius 2 is 1.72 bits per heavy atom. The van der Waals surface area contributed by atoms with Crippen LogP contribution in [-0.2, 0) is 0 Å². The highest BCUT2D eigenvalue weighted by Gasteiger charge is 2.34. The number of methoxy groups -OCH3 is 1. The molecule has 0 bridgehead atoms. The van der Waals surface area contributed by atoms with E-state index in [1.165, 1.54) is 7.11 Å². The van der Waals surface area contributed by atoms with Crippen molar-refractivity contribution < 1.29 is 9.53 Å².